The van der Waals surface area contributed by atoms with Gasteiger partial charge in [0.25, 0.3) is 0 Å². The number of aryl methyl sites for hydroxylation is 1. The SMILES string of the molecule is CCCCCC(=O)N[C@@H](C)C(=O)NC[C@H]1c2c(c(O)c(C)c3c2OCO3)CC2[C@H]3c4c(cc(C)c(OC)c4O)C[C@@H]([C@H](C#N)N21)N3C. The van der Waals surface area contributed by atoms with Crippen LogP contribution in [0.25, 0.3) is 0 Å². The first-order valence-corrected chi connectivity index (χ1v) is 16.5. The Morgan fingerprint density at radius 2 is 1.87 bits per heavy atom. The van der Waals surface area contributed by atoms with Crippen molar-refractivity contribution < 1.29 is 34.0 Å². The fourth-order valence-electron chi connectivity index (χ4n) is 8.31. The molecule has 2 aromatic carbocycles. The molecule has 4 heterocycles. The van der Waals surface area contributed by atoms with Gasteiger partial charge in [-0.15, -0.1) is 0 Å². The molecular weight excluding hydrogens is 602 g/mol. The lowest BCUT2D eigenvalue weighted by atomic mass is 9.71. The van der Waals surface area contributed by atoms with Gasteiger partial charge in [0.05, 0.1) is 25.3 Å². The number of nitrogens with zero attached hydrogens (tertiary/aromatic N) is 3. The number of amides is 2. The number of hydrogen-bond donors (Lipinski definition) is 4. The van der Waals surface area contributed by atoms with Crippen LogP contribution in [0.2, 0.25) is 0 Å². The summed E-state index contributed by atoms with van der Waals surface area (Å²) in [5.74, 6) is 1.02. The lowest BCUT2D eigenvalue weighted by Crippen LogP contribution is -2.68. The van der Waals surface area contributed by atoms with E-state index in [1.165, 1.54) is 7.11 Å². The van der Waals surface area contributed by atoms with Gasteiger partial charge in [0.2, 0.25) is 18.6 Å². The van der Waals surface area contributed by atoms with E-state index >= 15 is 0 Å². The number of nitrogens with one attached hydrogen (secondary N) is 2. The highest BCUT2D eigenvalue weighted by Gasteiger charge is 2.56. The molecule has 2 aromatic rings. The standard InChI is InChI=1S/C35H45N5O7/c1-7-8-9-10-26(41)38-19(4)35(44)37-15-25-28-21(30(42)18(3)33-34(28)47-16-46-33)13-23-29-27-20(11-17(2)32(45-6)31(27)43)12-22(39(29)5)24(14-36)40(23)25/h11,19,22-25,29,42-43H,7-10,12-13,15-16H2,1-6H3,(H,37,44)(H,38,41)/t19-,22-,23?,24-,25-,29-/m0/s1. The third kappa shape index (κ3) is 5.29. The van der Waals surface area contributed by atoms with Crippen molar-refractivity contribution in [3.8, 4) is 34.8 Å². The number of nitriles is 1. The maximum atomic E-state index is 13.4. The molecule has 1 saturated heterocycles. The Balaban J connectivity index is 1.42. The van der Waals surface area contributed by atoms with Crippen molar-refractivity contribution in [3.05, 3.63) is 39.4 Å². The average molecular weight is 648 g/mol. The third-order valence-electron chi connectivity index (χ3n) is 10.5. The molecule has 0 saturated carbocycles. The van der Waals surface area contributed by atoms with E-state index in [9.17, 15) is 25.1 Å². The minimum atomic E-state index is -0.766. The minimum absolute atomic E-state index is 0.00820. The van der Waals surface area contributed by atoms with Gasteiger partial charge >= 0.3 is 0 Å². The number of fused-ring (bicyclic) bond motifs is 9. The van der Waals surface area contributed by atoms with Gasteiger partial charge in [0, 0.05) is 47.3 Å². The van der Waals surface area contributed by atoms with E-state index in [1.807, 2.05) is 20.0 Å². The van der Waals surface area contributed by atoms with E-state index in [0.717, 1.165) is 36.0 Å². The van der Waals surface area contributed by atoms with Crippen LogP contribution < -0.4 is 24.8 Å². The van der Waals surface area contributed by atoms with Crippen molar-refractivity contribution in [1.29, 1.82) is 5.26 Å². The van der Waals surface area contributed by atoms with Crippen molar-refractivity contribution in [2.75, 3.05) is 27.5 Å². The summed E-state index contributed by atoms with van der Waals surface area (Å²) in [4.78, 5) is 30.2. The minimum Gasteiger partial charge on any atom is -0.507 e. The molecule has 12 heteroatoms. The number of phenolic OH excluding ortho intramolecular Hbond substituents is 2. The normalized spacial score (nSPS) is 24.7. The number of ether oxygens (including phenoxy) is 3. The van der Waals surface area contributed by atoms with E-state index in [-0.39, 0.29) is 54.8 Å². The number of rotatable bonds is 9. The number of carbonyl (C=O) groups is 2. The van der Waals surface area contributed by atoms with Crippen molar-refractivity contribution in [2.45, 2.75) is 102 Å². The zero-order valence-electron chi connectivity index (χ0n) is 28.0. The molecule has 0 spiro atoms. The van der Waals surface area contributed by atoms with Crippen LogP contribution in [0.5, 0.6) is 28.7 Å². The summed E-state index contributed by atoms with van der Waals surface area (Å²) < 4.78 is 17.4. The molecule has 252 valence electrons. The highest BCUT2D eigenvalue weighted by Crippen LogP contribution is 2.58. The summed E-state index contributed by atoms with van der Waals surface area (Å²) in [7, 11) is 3.52. The number of carbonyl (C=O) groups excluding carboxylic acids is 2. The van der Waals surface area contributed by atoms with Crippen LogP contribution in [0, 0.1) is 25.2 Å². The van der Waals surface area contributed by atoms with Crippen LogP contribution in [0.4, 0.5) is 0 Å². The molecule has 6 atom stereocenters. The largest absolute Gasteiger partial charge is 0.507 e. The van der Waals surface area contributed by atoms with Gasteiger partial charge in [-0.25, -0.2) is 0 Å². The second-order valence-electron chi connectivity index (χ2n) is 13.3. The molecule has 4 aliphatic rings. The summed E-state index contributed by atoms with van der Waals surface area (Å²) in [6.07, 6.45) is 3.96. The smallest absolute Gasteiger partial charge is 0.242 e. The summed E-state index contributed by atoms with van der Waals surface area (Å²) in [6, 6.07) is 1.75. The number of unbranched alkanes of at least 4 members (excludes halogenated alkanes) is 2. The monoisotopic (exact) mass is 647 g/mol. The Labute approximate surface area is 275 Å². The Morgan fingerprint density at radius 1 is 1.13 bits per heavy atom. The number of hydrogen-bond acceptors (Lipinski definition) is 10. The third-order valence-corrected chi connectivity index (χ3v) is 10.5. The van der Waals surface area contributed by atoms with Crippen LogP contribution in [0.1, 0.15) is 85.0 Å². The van der Waals surface area contributed by atoms with Crippen molar-refractivity contribution in [1.82, 2.24) is 20.4 Å². The molecule has 47 heavy (non-hydrogen) atoms. The van der Waals surface area contributed by atoms with Crippen LogP contribution >= 0.6 is 0 Å². The Bertz CT molecular complexity index is 1640. The van der Waals surface area contributed by atoms with E-state index in [2.05, 4.69) is 33.4 Å². The van der Waals surface area contributed by atoms with Gasteiger partial charge < -0.3 is 35.1 Å². The Kier molecular flexibility index (Phi) is 8.89. The Hall–Kier alpha value is -4.21. The van der Waals surface area contributed by atoms with Crippen LogP contribution in [-0.4, -0.2) is 83.5 Å². The van der Waals surface area contributed by atoms with Crippen molar-refractivity contribution in [3.63, 3.8) is 0 Å². The fraction of sp³-hybridized carbons (Fsp3) is 0.571. The number of likely N-dealkylation sites (N-methyl/N-ethyl adjacent to an activating group) is 1. The van der Waals surface area contributed by atoms with E-state index in [4.69, 9.17) is 14.2 Å². The summed E-state index contributed by atoms with van der Waals surface area (Å²) >= 11 is 0. The van der Waals surface area contributed by atoms with Gasteiger partial charge in [-0.05, 0) is 58.2 Å². The van der Waals surface area contributed by atoms with Crippen LogP contribution in [-0.2, 0) is 22.4 Å². The molecule has 4 N–H and O–H groups in total. The zero-order chi connectivity index (χ0) is 33.7. The first-order valence-electron chi connectivity index (χ1n) is 16.5. The van der Waals surface area contributed by atoms with E-state index < -0.39 is 18.1 Å². The number of methoxy groups -OCH3 is 1. The highest BCUT2D eigenvalue weighted by atomic mass is 16.7. The predicted molar refractivity (Wildman–Crippen MR) is 173 cm³/mol. The molecule has 0 aliphatic carbocycles. The second-order valence-corrected chi connectivity index (χ2v) is 13.3. The molecule has 1 unspecified atom stereocenters. The first-order chi connectivity index (χ1) is 22.5. The molecule has 12 nitrogen and oxygen atoms in total. The Morgan fingerprint density at radius 3 is 2.57 bits per heavy atom. The van der Waals surface area contributed by atoms with Gasteiger partial charge in [-0.2, -0.15) is 5.26 Å². The van der Waals surface area contributed by atoms with Gasteiger partial charge in [-0.3, -0.25) is 19.4 Å². The number of phenols is 2. The fourth-order valence-corrected chi connectivity index (χ4v) is 8.31. The predicted octanol–water partition coefficient (Wildman–Crippen LogP) is 3.42. The van der Waals surface area contributed by atoms with Gasteiger partial charge in [0.15, 0.2) is 23.0 Å². The molecular formula is C35H45N5O7. The zero-order valence-corrected chi connectivity index (χ0v) is 28.0. The molecule has 6 rings (SSSR count). The van der Waals surface area contributed by atoms with Gasteiger partial charge in [0.1, 0.15) is 17.8 Å². The average Bonchev–Trinajstić information content (AvgIpc) is 3.53. The van der Waals surface area contributed by atoms with E-state index in [1.54, 1.807) is 13.8 Å². The molecule has 0 aromatic heterocycles. The van der Waals surface area contributed by atoms with Gasteiger partial charge in [-0.1, -0.05) is 25.8 Å². The number of benzene rings is 2. The number of aromatic hydroxyl groups is 2. The molecule has 2 bridgehead atoms. The molecule has 0 radical (unpaired) electrons. The first kappa shape index (κ1) is 32.7. The highest BCUT2D eigenvalue weighted by molar-refractivity contribution is 5.87. The lowest BCUT2D eigenvalue weighted by molar-refractivity contribution is -0.129. The van der Waals surface area contributed by atoms with Crippen molar-refractivity contribution in [2.24, 2.45) is 0 Å². The summed E-state index contributed by atoms with van der Waals surface area (Å²) in [5.41, 5.74) is 4.45. The molecule has 4 aliphatic heterocycles. The number of piperazine rings is 1. The van der Waals surface area contributed by atoms with Crippen LogP contribution in [0.15, 0.2) is 6.07 Å². The van der Waals surface area contributed by atoms with Crippen molar-refractivity contribution >= 4 is 11.8 Å². The second kappa shape index (κ2) is 12.8. The van der Waals surface area contributed by atoms with E-state index in [0.29, 0.717) is 53.2 Å². The summed E-state index contributed by atoms with van der Waals surface area (Å²) in [6.45, 7) is 7.49. The maximum Gasteiger partial charge on any atom is 0.242 e. The quantitative estimate of drug-likeness (QED) is 0.298. The molecule has 2 amide bonds. The maximum absolute atomic E-state index is 13.4. The van der Waals surface area contributed by atoms with Crippen LogP contribution in [0.3, 0.4) is 0 Å². The lowest BCUT2D eigenvalue weighted by Gasteiger charge is -2.60. The topological polar surface area (TPSA) is 157 Å². The summed E-state index contributed by atoms with van der Waals surface area (Å²) in [5, 5.41) is 39.8. The molecule has 1 fully saturated rings.